The molecule has 0 fully saturated rings. The number of rotatable bonds is 7. The number of aryl methyl sites for hydroxylation is 2. The maximum absolute atomic E-state index is 13.4. The van der Waals surface area contributed by atoms with E-state index in [1.54, 1.807) is 27.8 Å². The number of nitrogens with one attached hydrogen (secondary N) is 2. The molecule has 3 N–H and O–H groups in total. The number of hydrogen-bond acceptors (Lipinski definition) is 8. The maximum Gasteiger partial charge on any atom is 0.321 e. The van der Waals surface area contributed by atoms with Crippen LogP contribution in [0, 0.1) is 19.8 Å². The van der Waals surface area contributed by atoms with Crippen molar-refractivity contribution in [3.05, 3.63) is 35.2 Å². The van der Waals surface area contributed by atoms with E-state index >= 15 is 0 Å². The summed E-state index contributed by atoms with van der Waals surface area (Å²) in [6, 6.07) is 3.57. The van der Waals surface area contributed by atoms with Gasteiger partial charge in [-0.2, -0.15) is 0 Å². The Kier molecular flexibility index (Phi) is 8.14. The van der Waals surface area contributed by atoms with Crippen molar-refractivity contribution in [2.24, 2.45) is 5.92 Å². The van der Waals surface area contributed by atoms with Crippen LogP contribution < -0.4 is 14.8 Å². The van der Waals surface area contributed by atoms with E-state index in [1.807, 2.05) is 6.92 Å². The zero-order valence-electron chi connectivity index (χ0n) is 21.2. The fourth-order valence-electron chi connectivity index (χ4n) is 3.93. The van der Waals surface area contributed by atoms with E-state index in [0.717, 1.165) is 6.26 Å². The van der Waals surface area contributed by atoms with Gasteiger partial charge in [0.05, 0.1) is 31.0 Å². The first kappa shape index (κ1) is 27.3. The minimum atomic E-state index is -3.56. The predicted molar refractivity (Wildman–Crippen MR) is 134 cm³/mol. The van der Waals surface area contributed by atoms with E-state index in [-0.39, 0.29) is 48.6 Å². The molecule has 13 heteroatoms. The number of urea groups is 1. The quantitative estimate of drug-likeness (QED) is 0.498. The van der Waals surface area contributed by atoms with Gasteiger partial charge < -0.3 is 29.5 Å². The summed E-state index contributed by atoms with van der Waals surface area (Å²) in [4.78, 5) is 29.3. The van der Waals surface area contributed by atoms with Gasteiger partial charge in [0.25, 0.3) is 5.91 Å². The van der Waals surface area contributed by atoms with E-state index in [1.165, 1.54) is 28.0 Å². The molecule has 2 aromatic rings. The molecular formula is C23H33N5O7S. The molecule has 3 rings (SSSR count). The highest BCUT2D eigenvalue weighted by atomic mass is 32.2. The van der Waals surface area contributed by atoms with Gasteiger partial charge in [-0.3, -0.25) is 9.52 Å². The minimum Gasteiger partial charge on any atom is -0.487 e. The fourth-order valence-corrected chi connectivity index (χ4v) is 4.49. The molecule has 0 aliphatic carbocycles. The summed E-state index contributed by atoms with van der Waals surface area (Å²) in [6.45, 7) is 7.25. The largest absolute Gasteiger partial charge is 0.487 e. The van der Waals surface area contributed by atoms with E-state index < -0.39 is 28.1 Å². The number of carbonyl (C=O) groups excluding carboxylic acids is 2. The van der Waals surface area contributed by atoms with Gasteiger partial charge in [0.15, 0.2) is 5.76 Å². The molecule has 3 amide bonds. The number of anilines is 2. The highest BCUT2D eigenvalue weighted by Crippen LogP contribution is 2.31. The summed E-state index contributed by atoms with van der Waals surface area (Å²) in [6.07, 6.45) is 0.503. The normalized spacial score (nSPS) is 19.0. The van der Waals surface area contributed by atoms with E-state index in [2.05, 4.69) is 15.2 Å². The average molecular weight is 524 g/mol. The van der Waals surface area contributed by atoms with Crippen LogP contribution in [0.4, 0.5) is 16.2 Å². The molecule has 36 heavy (non-hydrogen) atoms. The highest BCUT2D eigenvalue weighted by Gasteiger charge is 2.34. The zero-order chi connectivity index (χ0) is 26.8. The van der Waals surface area contributed by atoms with E-state index in [4.69, 9.17) is 9.26 Å². The molecule has 1 aliphatic rings. The third kappa shape index (κ3) is 6.26. The number of fused-ring (bicyclic) bond motifs is 1. The summed E-state index contributed by atoms with van der Waals surface area (Å²) in [5.41, 5.74) is 1.43. The molecule has 198 valence electrons. The van der Waals surface area contributed by atoms with Crippen molar-refractivity contribution in [2.75, 3.05) is 43.0 Å². The third-order valence-electron chi connectivity index (χ3n) is 6.03. The molecule has 0 bridgehead atoms. The Labute approximate surface area is 210 Å². The average Bonchev–Trinajstić information content (AvgIpc) is 3.12. The number of sulfonamides is 1. The van der Waals surface area contributed by atoms with Crippen molar-refractivity contribution in [1.82, 2.24) is 15.0 Å². The van der Waals surface area contributed by atoms with Crippen molar-refractivity contribution in [2.45, 2.75) is 39.8 Å². The van der Waals surface area contributed by atoms with Crippen LogP contribution >= 0.6 is 0 Å². The topological polar surface area (TPSA) is 154 Å². The smallest absolute Gasteiger partial charge is 0.321 e. The van der Waals surface area contributed by atoms with Crippen molar-refractivity contribution < 1.29 is 32.4 Å². The molecule has 0 saturated carbocycles. The molecule has 1 aromatic carbocycles. The van der Waals surface area contributed by atoms with Gasteiger partial charge in [-0.1, -0.05) is 12.1 Å². The van der Waals surface area contributed by atoms with Gasteiger partial charge in [-0.25, -0.2) is 13.2 Å². The zero-order valence-corrected chi connectivity index (χ0v) is 22.0. The molecule has 3 atom stereocenters. The summed E-state index contributed by atoms with van der Waals surface area (Å²) in [5.74, 6) is 0.146. The highest BCUT2D eigenvalue weighted by molar-refractivity contribution is 7.92. The van der Waals surface area contributed by atoms with E-state index in [0.29, 0.717) is 17.1 Å². The summed E-state index contributed by atoms with van der Waals surface area (Å²) in [5, 5.41) is 16.4. The Morgan fingerprint density at radius 2 is 2.06 bits per heavy atom. The van der Waals surface area contributed by atoms with Gasteiger partial charge in [-0.15, -0.1) is 0 Å². The van der Waals surface area contributed by atoms with Crippen LogP contribution in [-0.4, -0.2) is 85.6 Å². The number of hydrogen-bond donors (Lipinski definition) is 3. The summed E-state index contributed by atoms with van der Waals surface area (Å²) < 4.78 is 37.1. The SMILES string of the molecule is Cc1noc(C)c1NC(=O)N(C)C[C@H]1Oc2ccc(NS(C)(=O)=O)cc2C(=O)N([C@H](C)CO)C[C@@H]1C. The number of benzene rings is 1. The van der Waals surface area contributed by atoms with Crippen molar-refractivity contribution >= 4 is 33.3 Å². The van der Waals surface area contributed by atoms with Crippen LogP contribution in [0.15, 0.2) is 22.7 Å². The number of aliphatic hydroxyl groups excluding tert-OH is 1. The Morgan fingerprint density at radius 3 is 2.64 bits per heavy atom. The Bertz CT molecular complexity index is 1210. The predicted octanol–water partition coefficient (Wildman–Crippen LogP) is 2.05. The third-order valence-corrected chi connectivity index (χ3v) is 6.64. The minimum absolute atomic E-state index is 0.156. The molecule has 2 heterocycles. The van der Waals surface area contributed by atoms with Gasteiger partial charge in [0.1, 0.15) is 23.2 Å². The summed E-state index contributed by atoms with van der Waals surface area (Å²) in [7, 11) is -1.94. The second-order valence-electron chi connectivity index (χ2n) is 9.22. The van der Waals surface area contributed by atoms with Crippen LogP contribution in [-0.2, 0) is 10.0 Å². The van der Waals surface area contributed by atoms with Crippen LogP contribution in [0.2, 0.25) is 0 Å². The van der Waals surface area contributed by atoms with Gasteiger partial charge in [-0.05, 0) is 39.0 Å². The maximum atomic E-state index is 13.4. The molecule has 0 unspecified atom stereocenters. The van der Waals surface area contributed by atoms with Crippen molar-refractivity contribution in [1.29, 1.82) is 0 Å². The van der Waals surface area contributed by atoms with Crippen LogP contribution in [0.1, 0.15) is 35.7 Å². The van der Waals surface area contributed by atoms with Crippen LogP contribution in [0.5, 0.6) is 5.75 Å². The number of ether oxygens (including phenoxy) is 1. The summed E-state index contributed by atoms with van der Waals surface area (Å²) >= 11 is 0. The Morgan fingerprint density at radius 1 is 1.36 bits per heavy atom. The number of aromatic nitrogens is 1. The molecular weight excluding hydrogens is 490 g/mol. The first-order chi connectivity index (χ1) is 16.8. The number of nitrogens with zero attached hydrogens (tertiary/aromatic N) is 3. The Balaban J connectivity index is 1.90. The second kappa shape index (κ2) is 10.7. The molecule has 1 aromatic heterocycles. The van der Waals surface area contributed by atoms with Gasteiger partial charge in [0, 0.05) is 25.2 Å². The lowest BCUT2D eigenvalue weighted by atomic mass is 9.99. The number of aliphatic hydroxyl groups is 1. The second-order valence-corrected chi connectivity index (χ2v) is 11.0. The molecule has 0 radical (unpaired) electrons. The van der Waals surface area contributed by atoms with Crippen LogP contribution in [0.3, 0.4) is 0 Å². The Hall–Kier alpha value is -3.32. The lowest BCUT2D eigenvalue weighted by Crippen LogP contribution is -2.50. The molecule has 0 saturated heterocycles. The van der Waals surface area contributed by atoms with Gasteiger partial charge >= 0.3 is 6.03 Å². The molecule has 0 spiro atoms. The number of amides is 3. The first-order valence-corrected chi connectivity index (χ1v) is 13.3. The molecule has 1 aliphatic heterocycles. The lowest BCUT2D eigenvalue weighted by molar-refractivity contribution is 0.0371. The van der Waals surface area contributed by atoms with E-state index in [9.17, 15) is 23.1 Å². The molecule has 12 nitrogen and oxygen atoms in total. The number of likely N-dealkylation sites (N-methyl/N-ethyl adjacent to an activating group) is 1. The first-order valence-electron chi connectivity index (χ1n) is 11.5. The van der Waals surface area contributed by atoms with Crippen molar-refractivity contribution in [3.63, 3.8) is 0 Å². The van der Waals surface area contributed by atoms with Crippen molar-refractivity contribution in [3.8, 4) is 5.75 Å². The van der Waals surface area contributed by atoms with Crippen LogP contribution in [0.25, 0.3) is 0 Å². The fraction of sp³-hybridized carbons (Fsp3) is 0.522. The monoisotopic (exact) mass is 523 g/mol. The standard InChI is InChI=1S/C23H33N5O7S/c1-13-10-28(14(2)12-29)22(30)18-9-17(26-36(6,32)33)7-8-19(18)34-20(13)11-27(5)23(31)24-21-15(3)25-35-16(21)4/h7-9,13-14,20,26,29H,10-12H2,1-6H3,(H,24,31)/t13-,14+,20+/m0/s1. The van der Waals surface area contributed by atoms with Gasteiger partial charge in [0.2, 0.25) is 10.0 Å². The number of carbonyl (C=O) groups is 2. The lowest BCUT2D eigenvalue weighted by Gasteiger charge is -2.38.